The molecule has 196 valence electrons. The number of nitrogens with two attached hydrogens (primary N) is 1. The van der Waals surface area contributed by atoms with E-state index in [1.54, 1.807) is 0 Å². The lowest BCUT2D eigenvalue weighted by atomic mass is 9.83. The predicted molar refractivity (Wildman–Crippen MR) is 141 cm³/mol. The van der Waals surface area contributed by atoms with E-state index >= 15 is 0 Å². The zero-order valence-electron chi connectivity index (χ0n) is 20.1. The van der Waals surface area contributed by atoms with Gasteiger partial charge < -0.3 is 10.1 Å². The molecule has 2 aliphatic rings. The van der Waals surface area contributed by atoms with Gasteiger partial charge in [0.2, 0.25) is 5.78 Å². The van der Waals surface area contributed by atoms with E-state index in [-0.39, 0.29) is 24.3 Å². The van der Waals surface area contributed by atoms with E-state index in [1.807, 2.05) is 36.6 Å². The fraction of sp³-hybridized carbons (Fsp3) is 0.400. The molecule has 3 heterocycles. The molecule has 1 aliphatic heterocycles. The molecule has 12 heteroatoms. The van der Waals surface area contributed by atoms with E-state index in [0.717, 1.165) is 30.4 Å². The Morgan fingerprint density at radius 3 is 3.00 bits per heavy atom. The molecular formula is C25H27ClN4O5S2. The molecule has 1 aliphatic carbocycles. The van der Waals surface area contributed by atoms with Crippen LogP contribution in [0.15, 0.2) is 42.2 Å². The molecule has 0 radical (unpaired) electrons. The van der Waals surface area contributed by atoms with Crippen LogP contribution < -0.4 is 10.5 Å². The van der Waals surface area contributed by atoms with Gasteiger partial charge in [0.1, 0.15) is 17.7 Å². The number of hydrogen-bond acceptors (Lipinski definition) is 9. The van der Waals surface area contributed by atoms with Crippen molar-refractivity contribution in [2.24, 2.45) is 11.1 Å². The first kappa shape index (κ1) is 26.2. The zero-order chi connectivity index (χ0) is 26.2. The minimum Gasteiger partial charge on any atom is -0.367 e. The van der Waals surface area contributed by atoms with Gasteiger partial charge in [-0.3, -0.25) is 8.98 Å². The van der Waals surface area contributed by atoms with Crippen molar-refractivity contribution < 1.29 is 22.1 Å². The molecule has 0 saturated heterocycles. The Labute approximate surface area is 224 Å². The van der Waals surface area contributed by atoms with E-state index in [9.17, 15) is 13.2 Å². The molecule has 5 rings (SSSR count). The van der Waals surface area contributed by atoms with Crippen LogP contribution in [0.5, 0.6) is 0 Å². The van der Waals surface area contributed by atoms with Gasteiger partial charge in [-0.1, -0.05) is 17.7 Å². The van der Waals surface area contributed by atoms with Crippen LogP contribution in [0.25, 0.3) is 0 Å². The fourth-order valence-electron chi connectivity index (χ4n) is 5.08. The molecule has 2 aromatic heterocycles. The predicted octanol–water partition coefficient (Wildman–Crippen LogP) is 4.06. The van der Waals surface area contributed by atoms with Crippen molar-refractivity contribution >= 4 is 44.8 Å². The number of fused-ring (bicyclic) bond motifs is 1. The third kappa shape index (κ3) is 5.71. The number of benzene rings is 1. The summed E-state index contributed by atoms with van der Waals surface area (Å²) in [5.41, 5.74) is 2.75. The Kier molecular flexibility index (Phi) is 7.36. The third-order valence-corrected chi connectivity index (χ3v) is 8.66. The summed E-state index contributed by atoms with van der Waals surface area (Å²) in [5, 5.41) is 10.9. The highest BCUT2D eigenvalue weighted by Gasteiger charge is 2.37. The molecule has 0 spiro atoms. The Bertz CT molecular complexity index is 1430. The van der Waals surface area contributed by atoms with Crippen molar-refractivity contribution in [1.29, 1.82) is 0 Å². The standard InChI is InChI=1S/C25H27ClN4O5S2/c1-25(21-10-18(26)4-3-16(21)6-7-34-25)17-9-22(36-13-17)23(31)20-11-28-14-29-24(20)30-19-5-2-15(8-19)12-35-37(27,32)33/h3-4,9-11,13-15,19H,2,5-8,12H2,1H3,(H2,27,32,33)(H,28,29,30)/t15-,19?,25?/m1/s1. The van der Waals surface area contributed by atoms with Crippen LogP contribution in [0.1, 0.15) is 58.1 Å². The summed E-state index contributed by atoms with van der Waals surface area (Å²) in [5.74, 6) is 0.312. The van der Waals surface area contributed by atoms with Crippen molar-refractivity contribution in [2.75, 3.05) is 18.5 Å². The van der Waals surface area contributed by atoms with Gasteiger partial charge in [-0.2, -0.15) is 8.42 Å². The smallest absolute Gasteiger partial charge is 0.333 e. The summed E-state index contributed by atoms with van der Waals surface area (Å²) in [6.45, 7) is 2.63. The first-order valence-electron chi connectivity index (χ1n) is 11.9. The average Bonchev–Trinajstić information content (AvgIpc) is 3.53. The van der Waals surface area contributed by atoms with Crippen molar-refractivity contribution in [3.63, 3.8) is 0 Å². The van der Waals surface area contributed by atoms with Crippen LogP contribution >= 0.6 is 22.9 Å². The van der Waals surface area contributed by atoms with Gasteiger partial charge in [-0.15, -0.1) is 11.3 Å². The SMILES string of the molecule is CC1(c2csc(C(=O)c3cncnc3NC3CC[C@@H](COS(N)(=O)=O)C3)c2)OCCc2ccc(Cl)cc21. The quantitative estimate of drug-likeness (QED) is 0.393. The Hall–Kier alpha value is -2.41. The number of thiophene rings is 1. The van der Waals surface area contributed by atoms with Crippen LogP contribution in [0.3, 0.4) is 0 Å². The zero-order valence-corrected chi connectivity index (χ0v) is 22.5. The maximum atomic E-state index is 13.5. The lowest BCUT2D eigenvalue weighted by Crippen LogP contribution is -2.33. The van der Waals surface area contributed by atoms with Gasteiger partial charge in [0.15, 0.2) is 0 Å². The van der Waals surface area contributed by atoms with Gasteiger partial charge in [-0.25, -0.2) is 15.1 Å². The van der Waals surface area contributed by atoms with Gasteiger partial charge in [0, 0.05) is 17.3 Å². The van der Waals surface area contributed by atoms with E-state index in [1.165, 1.54) is 29.4 Å². The van der Waals surface area contributed by atoms with Crippen LogP contribution in [-0.4, -0.2) is 43.4 Å². The molecule has 2 unspecified atom stereocenters. The number of carbonyl (C=O) groups is 1. The highest BCUT2D eigenvalue weighted by Crippen LogP contribution is 2.42. The number of aromatic nitrogens is 2. The molecule has 3 aromatic rings. The van der Waals surface area contributed by atoms with Crippen molar-refractivity contribution in [3.8, 4) is 0 Å². The summed E-state index contributed by atoms with van der Waals surface area (Å²) in [4.78, 5) is 22.5. The van der Waals surface area contributed by atoms with E-state index in [4.69, 9.17) is 25.7 Å². The number of hydrogen-bond donors (Lipinski definition) is 2. The maximum Gasteiger partial charge on any atom is 0.333 e. The van der Waals surface area contributed by atoms with Crippen LogP contribution in [0.4, 0.5) is 5.82 Å². The average molecular weight is 563 g/mol. The third-order valence-electron chi connectivity index (χ3n) is 7.03. The molecule has 0 amide bonds. The number of nitrogens with zero attached hydrogens (tertiary/aromatic N) is 2. The van der Waals surface area contributed by atoms with Gasteiger partial charge >= 0.3 is 10.3 Å². The van der Waals surface area contributed by atoms with Crippen LogP contribution in [0, 0.1) is 5.92 Å². The first-order valence-corrected chi connectivity index (χ1v) is 14.7. The lowest BCUT2D eigenvalue weighted by Gasteiger charge is -2.36. The number of carbonyl (C=O) groups excluding carboxylic acids is 1. The molecule has 1 aromatic carbocycles. The van der Waals surface area contributed by atoms with Crippen LogP contribution in [-0.2, 0) is 31.2 Å². The van der Waals surface area contributed by atoms with Crippen molar-refractivity contribution in [3.05, 3.63) is 74.3 Å². The van der Waals surface area contributed by atoms with Crippen molar-refractivity contribution in [1.82, 2.24) is 9.97 Å². The Morgan fingerprint density at radius 1 is 1.35 bits per heavy atom. The summed E-state index contributed by atoms with van der Waals surface area (Å²) in [6, 6.07) is 7.75. The lowest BCUT2D eigenvalue weighted by molar-refractivity contribution is -0.0138. The summed E-state index contributed by atoms with van der Waals surface area (Å²) >= 11 is 7.65. The first-order chi connectivity index (χ1) is 17.6. The fourth-order valence-corrected chi connectivity index (χ4v) is 6.60. The number of halogens is 1. The molecule has 3 N–H and O–H groups in total. The maximum absolute atomic E-state index is 13.5. The number of nitrogens with one attached hydrogen (secondary N) is 1. The Morgan fingerprint density at radius 2 is 2.19 bits per heavy atom. The highest BCUT2D eigenvalue weighted by molar-refractivity contribution is 7.84. The highest BCUT2D eigenvalue weighted by atomic mass is 35.5. The van der Waals surface area contributed by atoms with E-state index in [2.05, 4.69) is 15.3 Å². The summed E-state index contributed by atoms with van der Waals surface area (Å²) < 4.78 is 33.2. The number of ether oxygens (including phenoxy) is 1. The molecule has 37 heavy (non-hydrogen) atoms. The van der Waals surface area contributed by atoms with Gasteiger partial charge in [0.05, 0.1) is 23.7 Å². The molecule has 1 saturated carbocycles. The van der Waals surface area contributed by atoms with E-state index < -0.39 is 15.9 Å². The van der Waals surface area contributed by atoms with Crippen LogP contribution in [0.2, 0.25) is 5.02 Å². The molecule has 0 bridgehead atoms. The van der Waals surface area contributed by atoms with Crippen molar-refractivity contribution in [2.45, 2.75) is 44.2 Å². The minimum absolute atomic E-state index is 0.0187. The molecule has 3 atom stereocenters. The van der Waals surface area contributed by atoms with E-state index in [0.29, 0.717) is 34.3 Å². The number of anilines is 1. The second kappa shape index (κ2) is 10.4. The number of rotatable bonds is 8. The molecule has 9 nitrogen and oxygen atoms in total. The Balaban J connectivity index is 1.34. The number of ketones is 1. The summed E-state index contributed by atoms with van der Waals surface area (Å²) in [6.07, 6.45) is 5.96. The second-order valence-electron chi connectivity index (χ2n) is 9.54. The topological polar surface area (TPSA) is 133 Å². The molecular weight excluding hydrogens is 536 g/mol. The normalized spacial score (nSPS) is 23.5. The molecule has 1 fully saturated rings. The van der Waals surface area contributed by atoms with Gasteiger partial charge in [-0.05, 0) is 78.8 Å². The minimum atomic E-state index is -3.97. The van der Waals surface area contributed by atoms with Gasteiger partial charge in [0.25, 0.3) is 0 Å². The monoisotopic (exact) mass is 562 g/mol. The summed E-state index contributed by atoms with van der Waals surface area (Å²) in [7, 11) is -3.97. The largest absolute Gasteiger partial charge is 0.367 e. The second-order valence-corrected chi connectivity index (χ2v) is 12.1.